The Kier molecular flexibility index (Phi) is 4.47. The van der Waals surface area contributed by atoms with Gasteiger partial charge in [0, 0.05) is 37.2 Å². The molecule has 8 heteroatoms. The summed E-state index contributed by atoms with van der Waals surface area (Å²) >= 11 is 0. The molecular formula is C17H21N3O5. The van der Waals surface area contributed by atoms with Gasteiger partial charge in [-0.25, -0.2) is 9.69 Å². The van der Waals surface area contributed by atoms with Crippen LogP contribution in [0.3, 0.4) is 0 Å². The number of Topliss-reactive ketones (excluding diaryl/α,β-unsaturated/α-hetero) is 1. The van der Waals surface area contributed by atoms with E-state index in [9.17, 15) is 19.2 Å². The van der Waals surface area contributed by atoms with Crippen molar-refractivity contribution in [2.45, 2.75) is 39.3 Å². The van der Waals surface area contributed by atoms with Gasteiger partial charge < -0.3 is 9.30 Å². The first kappa shape index (κ1) is 17.3. The second kappa shape index (κ2) is 6.44. The highest BCUT2D eigenvalue weighted by molar-refractivity contribution is 6.45. The largest absolute Gasteiger partial charge is 0.376 e. The number of rotatable bonds is 5. The fraction of sp³-hybridized carbons (Fsp3) is 0.529. The lowest BCUT2D eigenvalue weighted by atomic mass is 10.1. The number of carbonyl (C=O) groups is 4. The number of aromatic nitrogens is 1. The van der Waals surface area contributed by atoms with Crippen molar-refractivity contribution in [2.24, 2.45) is 0 Å². The van der Waals surface area contributed by atoms with Crippen LogP contribution in [0, 0.1) is 13.8 Å². The Morgan fingerprint density at radius 1 is 1.24 bits per heavy atom. The van der Waals surface area contributed by atoms with Crippen molar-refractivity contribution in [1.82, 2.24) is 14.4 Å². The number of carbonyl (C=O) groups excluding carboxylic acids is 4. The molecule has 0 N–H and O–H groups in total. The van der Waals surface area contributed by atoms with E-state index < -0.39 is 24.4 Å². The van der Waals surface area contributed by atoms with E-state index in [2.05, 4.69) is 0 Å². The third-order valence-electron chi connectivity index (χ3n) is 4.84. The Labute approximate surface area is 145 Å². The molecule has 0 radical (unpaired) electrons. The van der Waals surface area contributed by atoms with Crippen LogP contribution in [0.1, 0.15) is 34.6 Å². The van der Waals surface area contributed by atoms with Crippen molar-refractivity contribution in [1.29, 1.82) is 0 Å². The van der Waals surface area contributed by atoms with Crippen LogP contribution in [0.5, 0.6) is 0 Å². The fourth-order valence-electron chi connectivity index (χ4n) is 3.34. The highest BCUT2D eigenvalue weighted by Crippen LogP contribution is 2.21. The van der Waals surface area contributed by atoms with Gasteiger partial charge in [0.1, 0.15) is 0 Å². The second-order valence-electron chi connectivity index (χ2n) is 6.49. The minimum absolute atomic E-state index is 0.140. The van der Waals surface area contributed by atoms with E-state index in [0.717, 1.165) is 35.7 Å². The first-order valence-corrected chi connectivity index (χ1v) is 8.26. The van der Waals surface area contributed by atoms with Crippen molar-refractivity contribution < 1.29 is 23.9 Å². The molecule has 2 saturated heterocycles. The van der Waals surface area contributed by atoms with Crippen LogP contribution in [-0.4, -0.2) is 64.3 Å². The molecule has 0 unspecified atom stereocenters. The third-order valence-corrected chi connectivity index (χ3v) is 4.84. The van der Waals surface area contributed by atoms with E-state index in [1.165, 1.54) is 7.05 Å². The average Bonchev–Trinajstić information content (AvgIpc) is 3.24. The Bertz CT molecular complexity index is 761. The van der Waals surface area contributed by atoms with Gasteiger partial charge in [-0.3, -0.25) is 19.3 Å². The minimum Gasteiger partial charge on any atom is -0.376 e. The van der Waals surface area contributed by atoms with Gasteiger partial charge in [-0.1, -0.05) is 0 Å². The highest BCUT2D eigenvalue weighted by Gasteiger charge is 2.43. The Hall–Kier alpha value is -2.48. The normalized spacial score (nSPS) is 20.9. The molecule has 2 aliphatic heterocycles. The van der Waals surface area contributed by atoms with Gasteiger partial charge in [-0.05, 0) is 32.8 Å². The summed E-state index contributed by atoms with van der Waals surface area (Å²) in [6.45, 7) is 4.74. The maximum Gasteiger partial charge on any atom is 0.334 e. The Morgan fingerprint density at radius 2 is 1.96 bits per heavy atom. The number of imide groups is 2. The summed E-state index contributed by atoms with van der Waals surface area (Å²) in [6, 6.07) is 0.986. The fourth-order valence-corrected chi connectivity index (χ4v) is 3.34. The lowest BCUT2D eigenvalue weighted by molar-refractivity contribution is -0.142. The summed E-state index contributed by atoms with van der Waals surface area (Å²) in [5.74, 6) is -2.24. The maximum atomic E-state index is 12.6. The first-order valence-electron chi connectivity index (χ1n) is 8.26. The Morgan fingerprint density at radius 3 is 2.52 bits per heavy atom. The molecule has 1 atom stereocenters. The highest BCUT2D eigenvalue weighted by atomic mass is 16.5. The molecule has 3 rings (SSSR count). The predicted molar refractivity (Wildman–Crippen MR) is 87.1 cm³/mol. The van der Waals surface area contributed by atoms with Crippen molar-refractivity contribution in [2.75, 3.05) is 20.2 Å². The Balaban J connectivity index is 1.77. The topological polar surface area (TPSA) is 88.9 Å². The minimum atomic E-state index is -0.964. The van der Waals surface area contributed by atoms with E-state index in [1.807, 2.05) is 18.4 Å². The van der Waals surface area contributed by atoms with Crippen LogP contribution in [0.2, 0.25) is 0 Å². The molecule has 0 saturated carbocycles. The molecule has 2 fully saturated rings. The van der Waals surface area contributed by atoms with Crippen LogP contribution in [-0.2, 0) is 20.9 Å². The predicted octanol–water partition coefficient (Wildman–Crippen LogP) is 0.887. The number of aryl methyl sites for hydroxylation is 1. The summed E-state index contributed by atoms with van der Waals surface area (Å²) < 4.78 is 7.67. The van der Waals surface area contributed by atoms with E-state index in [0.29, 0.717) is 17.0 Å². The third kappa shape index (κ3) is 2.97. The molecule has 1 aromatic heterocycles. The van der Waals surface area contributed by atoms with Crippen molar-refractivity contribution in [3.8, 4) is 0 Å². The van der Waals surface area contributed by atoms with Gasteiger partial charge in [0.25, 0.3) is 0 Å². The summed E-state index contributed by atoms with van der Waals surface area (Å²) in [6.07, 6.45) is 2.17. The molecule has 1 aromatic rings. The van der Waals surface area contributed by atoms with Crippen LogP contribution in [0.25, 0.3) is 0 Å². The number of ketones is 1. The number of hydrogen-bond acceptors (Lipinski definition) is 5. The molecule has 0 aliphatic carbocycles. The molecule has 4 amide bonds. The van der Waals surface area contributed by atoms with E-state index in [4.69, 9.17) is 4.74 Å². The zero-order valence-corrected chi connectivity index (χ0v) is 14.6. The summed E-state index contributed by atoms with van der Waals surface area (Å²) in [4.78, 5) is 49.3. The van der Waals surface area contributed by atoms with Gasteiger partial charge >= 0.3 is 17.8 Å². The van der Waals surface area contributed by atoms with Crippen LogP contribution < -0.4 is 0 Å². The van der Waals surface area contributed by atoms with Gasteiger partial charge in [-0.2, -0.15) is 0 Å². The summed E-state index contributed by atoms with van der Waals surface area (Å²) in [5.41, 5.74) is 2.15. The first-order chi connectivity index (χ1) is 11.8. The van der Waals surface area contributed by atoms with Crippen LogP contribution in [0.15, 0.2) is 6.07 Å². The molecule has 25 heavy (non-hydrogen) atoms. The maximum absolute atomic E-state index is 12.6. The summed E-state index contributed by atoms with van der Waals surface area (Å²) in [7, 11) is 1.22. The molecule has 134 valence electrons. The average molecular weight is 347 g/mol. The molecule has 3 heterocycles. The molecule has 0 spiro atoms. The number of nitrogens with zero attached hydrogens (tertiary/aromatic N) is 3. The van der Waals surface area contributed by atoms with E-state index >= 15 is 0 Å². The molecule has 0 aromatic carbocycles. The lowest BCUT2D eigenvalue weighted by Crippen LogP contribution is -2.36. The standard InChI is InChI=1S/C17H21N3O5/c1-10-7-13(11(2)19(10)8-12-5-4-6-25-12)14(21)9-20-16(23)15(22)18(3)17(20)24/h7,12H,4-6,8-9H2,1-3H3/t12-/m1/s1. The van der Waals surface area contributed by atoms with Gasteiger partial charge in [-0.15, -0.1) is 0 Å². The number of amides is 4. The lowest BCUT2D eigenvalue weighted by Gasteiger charge is -2.15. The molecule has 2 aliphatic rings. The molecule has 0 bridgehead atoms. The number of ether oxygens (including phenoxy) is 1. The molecule has 8 nitrogen and oxygen atoms in total. The smallest absolute Gasteiger partial charge is 0.334 e. The SMILES string of the molecule is Cc1cc(C(=O)CN2C(=O)C(=O)N(C)C2=O)c(C)n1C[C@H]1CCCO1. The quantitative estimate of drug-likeness (QED) is 0.448. The zero-order valence-electron chi connectivity index (χ0n) is 14.6. The number of hydrogen-bond donors (Lipinski definition) is 0. The molecular weight excluding hydrogens is 326 g/mol. The van der Waals surface area contributed by atoms with E-state index in [1.54, 1.807) is 6.07 Å². The van der Waals surface area contributed by atoms with Crippen molar-refractivity contribution >= 4 is 23.6 Å². The van der Waals surface area contributed by atoms with Crippen molar-refractivity contribution in [3.05, 3.63) is 23.0 Å². The van der Waals surface area contributed by atoms with Crippen LogP contribution in [0.4, 0.5) is 4.79 Å². The number of likely N-dealkylation sites (N-methyl/N-ethyl adjacent to an activating group) is 1. The summed E-state index contributed by atoms with van der Waals surface area (Å²) in [5, 5.41) is 0. The van der Waals surface area contributed by atoms with Gasteiger partial charge in [0.05, 0.1) is 12.6 Å². The second-order valence-corrected chi connectivity index (χ2v) is 6.49. The van der Waals surface area contributed by atoms with Gasteiger partial charge in [0.2, 0.25) is 0 Å². The zero-order chi connectivity index (χ0) is 18.3. The van der Waals surface area contributed by atoms with Crippen molar-refractivity contribution in [3.63, 3.8) is 0 Å². The van der Waals surface area contributed by atoms with Crippen LogP contribution >= 0.6 is 0 Å². The van der Waals surface area contributed by atoms with Gasteiger partial charge in [0.15, 0.2) is 5.78 Å². The van der Waals surface area contributed by atoms with E-state index in [-0.39, 0.29) is 11.9 Å². The number of urea groups is 1. The monoisotopic (exact) mass is 347 g/mol.